The number of hydrogen-bond donors (Lipinski definition) is 3. The highest BCUT2D eigenvalue weighted by Crippen LogP contribution is 2.17. The van der Waals surface area contributed by atoms with Crippen LogP contribution in [-0.2, 0) is 14.3 Å². The van der Waals surface area contributed by atoms with Gasteiger partial charge in [-0.3, -0.25) is 9.59 Å². The van der Waals surface area contributed by atoms with E-state index in [0.717, 1.165) is 77.0 Å². The highest BCUT2D eigenvalue weighted by Gasteiger charge is 2.24. The van der Waals surface area contributed by atoms with Gasteiger partial charge in [0.2, 0.25) is 5.91 Å². The van der Waals surface area contributed by atoms with Crippen molar-refractivity contribution in [1.29, 1.82) is 0 Å². The number of allylic oxidation sites excluding steroid dienone is 6. The number of unbranched alkanes of at least 4 members (excludes halogenated alkanes) is 22. The monoisotopic (exact) mass is 746 g/mol. The molecule has 53 heavy (non-hydrogen) atoms. The topological polar surface area (TPSA) is 95.9 Å². The number of carbonyl (C=O) groups is 2. The van der Waals surface area contributed by atoms with Crippen LogP contribution in [0.15, 0.2) is 36.5 Å². The molecule has 3 N–H and O–H groups in total. The second kappa shape index (κ2) is 41.2. The van der Waals surface area contributed by atoms with Gasteiger partial charge in [0.25, 0.3) is 0 Å². The van der Waals surface area contributed by atoms with Gasteiger partial charge in [0.05, 0.1) is 25.2 Å². The van der Waals surface area contributed by atoms with Gasteiger partial charge in [-0.15, -0.1) is 0 Å². The van der Waals surface area contributed by atoms with Crippen molar-refractivity contribution in [2.75, 3.05) is 6.61 Å². The summed E-state index contributed by atoms with van der Waals surface area (Å²) in [6.07, 6.45) is 46.4. The lowest BCUT2D eigenvalue weighted by atomic mass is 10.0. The molecular formula is C47H87NO5. The average molecular weight is 746 g/mol. The van der Waals surface area contributed by atoms with Crippen LogP contribution in [0.4, 0.5) is 0 Å². The van der Waals surface area contributed by atoms with Crippen LogP contribution >= 0.6 is 0 Å². The molecule has 0 heterocycles. The molecule has 0 bridgehead atoms. The molecule has 0 saturated heterocycles. The average Bonchev–Trinajstić information content (AvgIpc) is 3.15. The lowest BCUT2D eigenvalue weighted by molar-refractivity contribution is -0.151. The first-order chi connectivity index (χ1) is 26.0. The Hall–Kier alpha value is -1.92. The van der Waals surface area contributed by atoms with Crippen molar-refractivity contribution < 1.29 is 24.5 Å². The van der Waals surface area contributed by atoms with Gasteiger partial charge in [-0.1, -0.05) is 192 Å². The normalized spacial score (nSPS) is 13.7. The molecule has 6 heteroatoms. The minimum absolute atomic E-state index is 0.0744. The third kappa shape index (κ3) is 36.8. The second-order valence-electron chi connectivity index (χ2n) is 15.4. The molecule has 0 aliphatic rings. The molecule has 0 rings (SSSR count). The van der Waals surface area contributed by atoms with Gasteiger partial charge < -0.3 is 20.3 Å². The van der Waals surface area contributed by atoms with Crippen LogP contribution in [0.1, 0.15) is 226 Å². The summed E-state index contributed by atoms with van der Waals surface area (Å²) in [6.45, 7) is 6.33. The largest absolute Gasteiger partial charge is 0.462 e. The number of ether oxygens (including phenoxy) is 1. The van der Waals surface area contributed by atoms with Crippen molar-refractivity contribution in [2.45, 2.75) is 244 Å². The van der Waals surface area contributed by atoms with E-state index >= 15 is 0 Å². The molecule has 3 atom stereocenters. The van der Waals surface area contributed by atoms with Crippen LogP contribution in [0.3, 0.4) is 0 Å². The SMILES string of the molecule is CC/C=C/C/C=C/C/C=C/CCCCCCCCC(=O)OC(CCCCCCCCCCC)CC(=O)NC(CO)C(O)CCCCCCCCCCC. The summed E-state index contributed by atoms with van der Waals surface area (Å²) in [7, 11) is 0. The smallest absolute Gasteiger partial charge is 0.306 e. The fourth-order valence-electron chi connectivity index (χ4n) is 6.80. The number of hydrogen-bond acceptors (Lipinski definition) is 5. The predicted octanol–water partition coefficient (Wildman–Crippen LogP) is 12.9. The maximum absolute atomic E-state index is 13.1. The zero-order valence-electron chi connectivity index (χ0n) is 35.1. The van der Waals surface area contributed by atoms with Gasteiger partial charge >= 0.3 is 5.97 Å². The minimum atomic E-state index is -0.784. The molecule has 6 nitrogen and oxygen atoms in total. The van der Waals surface area contributed by atoms with Gasteiger partial charge in [-0.2, -0.15) is 0 Å². The standard InChI is InChI=1S/C47H87NO5/c1-4-7-10-13-16-19-20-21-22-23-24-25-28-31-34-37-40-47(52)53-43(38-35-32-29-26-17-14-11-8-5-2)41-46(51)48-44(42-49)45(50)39-36-33-30-27-18-15-12-9-6-3/h7,10,16,19,21-22,43-45,49-50H,4-6,8-9,11-15,17-18,20,23-42H2,1-3H3,(H,48,51)/b10-7+,19-16+,22-21+. The second-order valence-corrected chi connectivity index (χ2v) is 15.4. The van der Waals surface area contributed by atoms with Crippen molar-refractivity contribution in [3.63, 3.8) is 0 Å². The molecule has 0 aromatic heterocycles. The Morgan fingerprint density at radius 2 is 1.02 bits per heavy atom. The van der Waals surface area contributed by atoms with E-state index in [1.807, 2.05) is 0 Å². The third-order valence-corrected chi connectivity index (χ3v) is 10.2. The number of esters is 1. The van der Waals surface area contributed by atoms with Crippen molar-refractivity contribution in [3.05, 3.63) is 36.5 Å². The number of aliphatic hydroxyl groups excluding tert-OH is 2. The molecule has 0 saturated carbocycles. The van der Waals surface area contributed by atoms with Gasteiger partial charge in [-0.25, -0.2) is 0 Å². The Labute approximate surface area is 328 Å². The van der Waals surface area contributed by atoms with Crippen LogP contribution in [0.5, 0.6) is 0 Å². The summed E-state index contributed by atoms with van der Waals surface area (Å²) in [5.41, 5.74) is 0. The lowest BCUT2D eigenvalue weighted by Crippen LogP contribution is -2.46. The molecule has 0 spiro atoms. The minimum Gasteiger partial charge on any atom is -0.462 e. The molecule has 310 valence electrons. The number of aliphatic hydroxyl groups is 2. The Morgan fingerprint density at radius 1 is 0.566 bits per heavy atom. The predicted molar refractivity (Wildman–Crippen MR) is 227 cm³/mol. The van der Waals surface area contributed by atoms with Crippen LogP contribution in [-0.4, -0.2) is 46.9 Å². The molecule has 0 aromatic carbocycles. The first-order valence-corrected chi connectivity index (χ1v) is 22.7. The van der Waals surface area contributed by atoms with E-state index < -0.39 is 18.2 Å². The van der Waals surface area contributed by atoms with E-state index in [1.165, 1.54) is 103 Å². The van der Waals surface area contributed by atoms with E-state index in [-0.39, 0.29) is 24.9 Å². The lowest BCUT2D eigenvalue weighted by Gasteiger charge is -2.24. The first-order valence-electron chi connectivity index (χ1n) is 22.7. The summed E-state index contributed by atoms with van der Waals surface area (Å²) >= 11 is 0. The summed E-state index contributed by atoms with van der Waals surface area (Å²) in [6, 6.07) is -0.697. The fourth-order valence-corrected chi connectivity index (χ4v) is 6.80. The summed E-state index contributed by atoms with van der Waals surface area (Å²) < 4.78 is 5.89. The van der Waals surface area contributed by atoms with Crippen molar-refractivity contribution in [2.24, 2.45) is 0 Å². The molecule has 3 unspecified atom stereocenters. The van der Waals surface area contributed by atoms with Crippen molar-refractivity contribution in [3.8, 4) is 0 Å². The van der Waals surface area contributed by atoms with Crippen molar-refractivity contribution in [1.82, 2.24) is 5.32 Å². The highest BCUT2D eigenvalue weighted by molar-refractivity contribution is 5.77. The van der Waals surface area contributed by atoms with E-state index in [9.17, 15) is 19.8 Å². The van der Waals surface area contributed by atoms with Crippen LogP contribution in [0.2, 0.25) is 0 Å². The maximum atomic E-state index is 13.1. The molecule has 0 aromatic rings. The van der Waals surface area contributed by atoms with E-state index in [1.54, 1.807) is 0 Å². The molecule has 0 fully saturated rings. The third-order valence-electron chi connectivity index (χ3n) is 10.2. The first kappa shape index (κ1) is 51.1. The Bertz CT molecular complexity index is 884. The van der Waals surface area contributed by atoms with Gasteiger partial charge in [-0.05, 0) is 57.8 Å². The zero-order chi connectivity index (χ0) is 38.9. The van der Waals surface area contributed by atoms with E-state index in [4.69, 9.17) is 4.74 Å². The molecule has 0 aliphatic carbocycles. The number of carbonyl (C=O) groups excluding carboxylic acids is 2. The Kier molecular flexibility index (Phi) is 39.8. The Morgan fingerprint density at radius 3 is 1.55 bits per heavy atom. The Balaban J connectivity index is 4.52. The quantitative estimate of drug-likeness (QED) is 0.0330. The van der Waals surface area contributed by atoms with Crippen LogP contribution in [0, 0.1) is 0 Å². The highest BCUT2D eigenvalue weighted by atomic mass is 16.5. The molecule has 1 amide bonds. The number of nitrogens with one attached hydrogen (secondary N) is 1. The van der Waals surface area contributed by atoms with Crippen LogP contribution < -0.4 is 5.32 Å². The van der Waals surface area contributed by atoms with Gasteiger partial charge in [0.15, 0.2) is 0 Å². The number of amides is 1. The fraction of sp³-hybridized carbons (Fsp3) is 0.830. The number of rotatable bonds is 40. The maximum Gasteiger partial charge on any atom is 0.306 e. The summed E-state index contributed by atoms with van der Waals surface area (Å²) in [5, 5.41) is 23.5. The van der Waals surface area contributed by atoms with Gasteiger partial charge in [0, 0.05) is 6.42 Å². The van der Waals surface area contributed by atoms with E-state index in [0.29, 0.717) is 19.3 Å². The van der Waals surface area contributed by atoms with Crippen molar-refractivity contribution >= 4 is 11.9 Å². The molecule has 0 aliphatic heterocycles. The summed E-state index contributed by atoms with van der Waals surface area (Å²) in [4.78, 5) is 25.9. The van der Waals surface area contributed by atoms with Crippen LogP contribution in [0.25, 0.3) is 0 Å². The molecule has 0 radical (unpaired) electrons. The van der Waals surface area contributed by atoms with E-state index in [2.05, 4.69) is 62.5 Å². The summed E-state index contributed by atoms with van der Waals surface area (Å²) in [5.74, 6) is -0.488. The zero-order valence-corrected chi connectivity index (χ0v) is 35.1. The van der Waals surface area contributed by atoms with Gasteiger partial charge in [0.1, 0.15) is 6.10 Å². The molecular weight excluding hydrogens is 659 g/mol.